The Balaban J connectivity index is 1.67. The molecule has 1 atom stereocenters. The van der Waals surface area contributed by atoms with Crippen molar-refractivity contribution in [3.8, 4) is 0 Å². The van der Waals surface area contributed by atoms with Crippen LogP contribution in [0.2, 0.25) is 0 Å². The molecule has 0 aromatic heterocycles. The Hall–Kier alpha value is -1.97. The highest BCUT2D eigenvalue weighted by molar-refractivity contribution is 7.89. The number of rotatable bonds is 6. The summed E-state index contributed by atoms with van der Waals surface area (Å²) < 4.78 is 32.5. The molecule has 2 saturated heterocycles. The summed E-state index contributed by atoms with van der Waals surface area (Å²) in [5, 5.41) is 0. The van der Waals surface area contributed by atoms with E-state index in [1.165, 1.54) is 23.4 Å². The molecule has 1 unspecified atom stereocenters. The topological polar surface area (TPSA) is 87.2 Å². The second-order valence-electron chi connectivity index (χ2n) is 7.51. The van der Waals surface area contributed by atoms with Crippen LogP contribution in [0.3, 0.4) is 0 Å². The first-order chi connectivity index (χ1) is 13.8. The molecule has 1 aromatic rings. The minimum atomic E-state index is -3.64. The maximum atomic E-state index is 12.9. The van der Waals surface area contributed by atoms with Gasteiger partial charge in [-0.2, -0.15) is 4.31 Å². The summed E-state index contributed by atoms with van der Waals surface area (Å²) in [4.78, 5) is 27.8. The molecule has 2 fully saturated rings. The molecular formula is C20H29N3O5S. The SMILES string of the molecule is CCN(CC1CCOC1)C(=O)c1ccc(S(=O)(=O)N2CCN(C(C)=O)CC2)cc1. The standard InChI is InChI=1S/C20H29N3O5S/c1-3-21(14-17-8-13-28-15-17)20(25)18-4-6-19(7-5-18)29(26,27)23-11-9-22(10-12-23)16(2)24/h4-7,17H,3,8-15H2,1-2H3. The van der Waals surface area contributed by atoms with Gasteiger partial charge in [-0.15, -0.1) is 0 Å². The van der Waals surface area contributed by atoms with Gasteiger partial charge >= 0.3 is 0 Å². The molecule has 2 aliphatic rings. The number of carbonyl (C=O) groups excluding carboxylic acids is 2. The van der Waals surface area contributed by atoms with Gasteiger partial charge in [-0.25, -0.2) is 8.42 Å². The van der Waals surface area contributed by atoms with E-state index >= 15 is 0 Å². The van der Waals surface area contributed by atoms with Crippen LogP contribution in [0.5, 0.6) is 0 Å². The summed E-state index contributed by atoms with van der Waals surface area (Å²) in [5.41, 5.74) is 0.478. The number of ether oxygens (including phenoxy) is 1. The maximum absolute atomic E-state index is 12.9. The van der Waals surface area contributed by atoms with Crippen LogP contribution in [0, 0.1) is 5.92 Å². The van der Waals surface area contributed by atoms with Gasteiger partial charge in [-0.3, -0.25) is 9.59 Å². The van der Waals surface area contributed by atoms with Crippen molar-refractivity contribution in [3.05, 3.63) is 29.8 Å². The second kappa shape index (κ2) is 9.23. The van der Waals surface area contributed by atoms with E-state index in [4.69, 9.17) is 4.74 Å². The number of sulfonamides is 1. The molecule has 8 nitrogen and oxygen atoms in total. The lowest BCUT2D eigenvalue weighted by Gasteiger charge is -2.33. The third kappa shape index (κ3) is 4.96. The number of hydrogen-bond acceptors (Lipinski definition) is 5. The Kier molecular flexibility index (Phi) is 6.92. The molecule has 0 spiro atoms. The van der Waals surface area contributed by atoms with Crippen molar-refractivity contribution >= 4 is 21.8 Å². The summed E-state index contributed by atoms with van der Waals surface area (Å²) in [7, 11) is -3.64. The maximum Gasteiger partial charge on any atom is 0.253 e. The van der Waals surface area contributed by atoms with Crippen molar-refractivity contribution < 1.29 is 22.7 Å². The first-order valence-corrected chi connectivity index (χ1v) is 11.5. The van der Waals surface area contributed by atoms with Crippen molar-refractivity contribution in [3.63, 3.8) is 0 Å². The minimum absolute atomic E-state index is 0.0467. The number of amides is 2. The van der Waals surface area contributed by atoms with E-state index in [0.29, 0.717) is 44.3 Å². The lowest BCUT2D eigenvalue weighted by atomic mass is 10.1. The van der Waals surface area contributed by atoms with Crippen LogP contribution in [0.15, 0.2) is 29.2 Å². The van der Waals surface area contributed by atoms with Crippen LogP contribution in [0.4, 0.5) is 0 Å². The molecule has 29 heavy (non-hydrogen) atoms. The highest BCUT2D eigenvalue weighted by Gasteiger charge is 2.29. The molecule has 0 N–H and O–H groups in total. The average Bonchev–Trinajstić information content (AvgIpc) is 3.25. The zero-order valence-corrected chi connectivity index (χ0v) is 17.9. The fraction of sp³-hybridized carbons (Fsp3) is 0.600. The minimum Gasteiger partial charge on any atom is -0.381 e. The largest absolute Gasteiger partial charge is 0.381 e. The molecule has 160 valence electrons. The van der Waals surface area contributed by atoms with E-state index < -0.39 is 10.0 Å². The zero-order valence-electron chi connectivity index (χ0n) is 17.0. The van der Waals surface area contributed by atoms with Gasteiger partial charge in [0.15, 0.2) is 0 Å². The summed E-state index contributed by atoms with van der Waals surface area (Å²) >= 11 is 0. The van der Waals surface area contributed by atoms with Crippen LogP contribution in [-0.4, -0.2) is 86.8 Å². The summed E-state index contributed by atoms with van der Waals surface area (Å²) in [6, 6.07) is 6.14. The molecule has 0 radical (unpaired) electrons. The molecular weight excluding hydrogens is 394 g/mol. The Morgan fingerprint density at radius 3 is 2.31 bits per heavy atom. The first kappa shape index (κ1) is 21.7. The van der Waals surface area contributed by atoms with Crippen molar-refractivity contribution in [2.24, 2.45) is 5.92 Å². The van der Waals surface area contributed by atoms with Crippen molar-refractivity contribution in [1.29, 1.82) is 0 Å². The molecule has 2 amide bonds. The van der Waals surface area contributed by atoms with E-state index in [1.54, 1.807) is 21.9 Å². The summed E-state index contributed by atoms with van der Waals surface area (Å²) in [5.74, 6) is 0.209. The lowest BCUT2D eigenvalue weighted by molar-refractivity contribution is -0.129. The highest BCUT2D eigenvalue weighted by Crippen LogP contribution is 2.20. The quantitative estimate of drug-likeness (QED) is 0.682. The molecule has 2 heterocycles. The Labute approximate surface area is 172 Å². The molecule has 9 heteroatoms. The van der Waals surface area contributed by atoms with Gasteiger partial charge in [0.2, 0.25) is 15.9 Å². The normalized spacial score (nSPS) is 20.6. The van der Waals surface area contributed by atoms with E-state index in [-0.39, 0.29) is 29.8 Å². The van der Waals surface area contributed by atoms with Crippen molar-refractivity contribution in [2.45, 2.75) is 25.2 Å². The number of piperazine rings is 1. The van der Waals surface area contributed by atoms with Gasteiger partial charge < -0.3 is 14.5 Å². The van der Waals surface area contributed by atoms with Crippen molar-refractivity contribution in [2.75, 3.05) is 52.5 Å². The third-order valence-corrected chi connectivity index (χ3v) is 7.51. The van der Waals surface area contributed by atoms with Crippen molar-refractivity contribution in [1.82, 2.24) is 14.1 Å². The van der Waals surface area contributed by atoms with Crippen LogP contribution >= 0.6 is 0 Å². The van der Waals surface area contributed by atoms with Crippen LogP contribution in [-0.2, 0) is 19.6 Å². The highest BCUT2D eigenvalue weighted by atomic mass is 32.2. The molecule has 3 rings (SSSR count). The number of carbonyl (C=O) groups is 2. The fourth-order valence-electron chi connectivity index (χ4n) is 3.74. The predicted octanol–water partition coefficient (Wildman–Crippen LogP) is 1.04. The van der Waals surface area contributed by atoms with Crippen LogP contribution in [0.1, 0.15) is 30.6 Å². The summed E-state index contributed by atoms with van der Waals surface area (Å²) in [6.07, 6.45) is 0.956. The third-order valence-electron chi connectivity index (χ3n) is 5.59. The summed E-state index contributed by atoms with van der Waals surface area (Å²) in [6.45, 7) is 7.41. The Morgan fingerprint density at radius 2 is 1.79 bits per heavy atom. The first-order valence-electron chi connectivity index (χ1n) is 10.1. The van der Waals surface area contributed by atoms with E-state index in [2.05, 4.69) is 0 Å². The Bertz CT molecular complexity index is 826. The zero-order chi connectivity index (χ0) is 21.0. The van der Waals surface area contributed by atoms with Gasteiger partial charge in [-0.1, -0.05) is 0 Å². The van der Waals surface area contributed by atoms with Gasteiger partial charge in [-0.05, 0) is 37.6 Å². The van der Waals surface area contributed by atoms with Crippen LogP contribution < -0.4 is 0 Å². The number of hydrogen-bond donors (Lipinski definition) is 0. The number of nitrogens with zero attached hydrogens (tertiary/aromatic N) is 3. The molecule has 1 aromatic carbocycles. The molecule has 2 aliphatic heterocycles. The fourth-order valence-corrected chi connectivity index (χ4v) is 5.16. The smallest absolute Gasteiger partial charge is 0.253 e. The molecule has 0 saturated carbocycles. The van der Waals surface area contributed by atoms with E-state index in [9.17, 15) is 18.0 Å². The number of benzene rings is 1. The second-order valence-corrected chi connectivity index (χ2v) is 9.45. The predicted molar refractivity (Wildman–Crippen MR) is 108 cm³/mol. The van der Waals surface area contributed by atoms with Gasteiger partial charge in [0.25, 0.3) is 5.91 Å². The molecule has 0 bridgehead atoms. The lowest BCUT2D eigenvalue weighted by Crippen LogP contribution is -2.49. The van der Waals surface area contributed by atoms with Gasteiger partial charge in [0.05, 0.1) is 11.5 Å². The van der Waals surface area contributed by atoms with Crippen LogP contribution in [0.25, 0.3) is 0 Å². The molecule has 0 aliphatic carbocycles. The average molecular weight is 424 g/mol. The van der Waals surface area contributed by atoms with E-state index in [1.807, 2.05) is 6.92 Å². The van der Waals surface area contributed by atoms with Gasteiger partial charge in [0, 0.05) is 64.3 Å². The van der Waals surface area contributed by atoms with E-state index in [0.717, 1.165) is 13.0 Å². The Morgan fingerprint density at radius 1 is 1.14 bits per heavy atom. The van der Waals surface area contributed by atoms with Gasteiger partial charge in [0.1, 0.15) is 0 Å². The monoisotopic (exact) mass is 423 g/mol.